The molecule has 2 aliphatic heterocycles. The number of anilines is 1. The number of amides is 1. The largest absolute Gasteiger partial charge is 0.364 e. The molecule has 172 valence electrons. The summed E-state index contributed by atoms with van der Waals surface area (Å²) in [6.07, 6.45) is 4.93. The average Bonchev–Trinajstić information content (AvgIpc) is 3.07. The highest BCUT2D eigenvalue weighted by molar-refractivity contribution is 6.31. The van der Waals surface area contributed by atoms with Gasteiger partial charge in [0.25, 0.3) is 5.91 Å². The topological polar surface area (TPSA) is 36.0 Å². The number of rotatable bonds is 4. The van der Waals surface area contributed by atoms with Crippen LogP contribution in [0.5, 0.6) is 0 Å². The normalized spacial score (nSPS) is 22.7. The van der Waals surface area contributed by atoms with Gasteiger partial charge in [-0.1, -0.05) is 41.9 Å². The molecule has 2 aromatic carbocycles. The van der Waals surface area contributed by atoms with Crippen molar-refractivity contribution in [3.63, 3.8) is 0 Å². The van der Waals surface area contributed by atoms with Gasteiger partial charge in [-0.3, -0.25) is 14.6 Å². The third-order valence-electron chi connectivity index (χ3n) is 7.41. The summed E-state index contributed by atoms with van der Waals surface area (Å²) in [5.74, 6) is 0.204. The first kappa shape index (κ1) is 23.4. The molecule has 1 unspecified atom stereocenters. The summed E-state index contributed by atoms with van der Waals surface area (Å²) in [5, 5.41) is 0.895. The van der Waals surface area contributed by atoms with Gasteiger partial charge in [0, 0.05) is 37.0 Å². The predicted octanol–water partition coefficient (Wildman–Crippen LogP) is 4.36. The van der Waals surface area contributed by atoms with Crippen LogP contribution < -0.4 is 4.90 Å². The van der Waals surface area contributed by atoms with Crippen LogP contribution in [0.15, 0.2) is 48.5 Å². The molecular formula is C25H31Cl2N3O2. The summed E-state index contributed by atoms with van der Waals surface area (Å²) >= 11 is 6.51. The molecule has 2 fully saturated rings. The maximum absolute atomic E-state index is 13.5. The zero-order valence-corrected chi connectivity index (χ0v) is 20.1. The van der Waals surface area contributed by atoms with Crippen molar-refractivity contribution in [3.05, 3.63) is 64.7 Å². The quantitative estimate of drug-likeness (QED) is 0.657. The molecule has 5 rings (SSSR count). The Morgan fingerprint density at radius 2 is 1.84 bits per heavy atom. The molecule has 2 aromatic rings. The number of nitrogens with zero attached hydrogens (tertiary/aromatic N) is 3. The van der Waals surface area contributed by atoms with Crippen molar-refractivity contribution in [2.75, 3.05) is 38.5 Å². The lowest BCUT2D eigenvalue weighted by Crippen LogP contribution is -2.58. The lowest BCUT2D eigenvalue weighted by atomic mass is 9.82. The van der Waals surface area contributed by atoms with Crippen molar-refractivity contribution in [2.24, 2.45) is 0 Å². The van der Waals surface area contributed by atoms with Crippen LogP contribution in [0.25, 0.3) is 0 Å². The predicted molar refractivity (Wildman–Crippen MR) is 131 cm³/mol. The number of ether oxygens (including phenoxy) is 1. The first-order valence-electron chi connectivity index (χ1n) is 11.2. The second-order valence-corrected chi connectivity index (χ2v) is 9.42. The van der Waals surface area contributed by atoms with E-state index in [0.29, 0.717) is 19.4 Å². The van der Waals surface area contributed by atoms with E-state index in [-0.39, 0.29) is 18.3 Å². The summed E-state index contributed by atoms with van der Waals surface area (Å²) in [7, 11) is 1.65. The van der Waals surface area contributed by atoms with Crippen LogP contribution in [0.2, 0.25) is 5.02 Å². The maximum atomic E-state index is 13.5. The molecule has 0 aromatic heterocycles. The minimum atomic E-state index is -0.472. The maximum Gasteiger partial charge on any atom is 0.251 e. The fourth-order valence-electron chi connectivity index (χ4n) is 5.75. The summed E-state index contributed by atoms with van der Waals surface area (Å²) in [6, 6.07) is 17.1. The lowest BCUT2D eigenvalue weighted by molar-refractivity contribution is -0.137. The number of fused-ring (bicyclic) bond motifs is 1. The van der Waals surface area contributed by atoms with Gasteiger partial charge in [-0.2, -0.15) is 0 Å². The van der Waals surface area contributed by atoms with E-state index >= 15 is 0 Å². The molecule has 7 heteroatoms. The summed E-state index contributed by atoms with van der Waals surface area (Å²) < 4.78 is 5.33. The van der Waals surface area contributed by atoms with E-state index in [4.69, 9.17) is 16.3 Å². The van der Waals surface area contributed by atoms with E-state index in [1.165, 1.54) is 11.1 Å². The highest BCUT2D eigenvalue weighted by atomic mass is 35.5. The van der Waals surface area contributed by atoms with Crippen molar-refractivity contribution < 1.29 is 9.53 Å². The van der Waals surface area contributed by atoms with Gasteiger partial charge in [0.05, 0.1) is 6.67 Å². The van der Waals surface area contributed by atoms with Crippen molar-refractivity contribution in [1.29, 1.82) is 0 Å². The Morgan fingerprint density at radius 1 is 1.09 bits per heavy atom. The van der Waals surface area contributed by atoms with Gasteiger partial charge >= 0.3 is 0 Å². The van der Waals surface area contributed by atoms with Crippen LogP contribution in [0.3, 0.4) is 0 Å². The number of halogens is 2. The van der Waals surface area contributed by atoms with Crippen LogP contribution in [0, 0.1) is 0 Å². The fourth-order valence-corrected chi connectivity index (χ4v) is 6.02. The molecule has 0 radical (unpaired) electrons. The fraction of sp³-hybridized carbons (Fsp3) is 0.480. The first-order valence-corrected chi connectivity index (χ1v) is 11.6. The minimum Gasteiger partial charge on any atom is -0.364 e. The second-order valence-electron chi connectivity index (χ2n) is 9.01. The summed E-state index contributed by atoms with van der Waals surface area (Å²) in [6.45, 7) is 2.79. The van der Waals surface area contributed by atoms with E-state index in [2.05, 4.69) is 34.1 Å². The van der Waals surface area contributed by atoms with Crippen LogP contribution in [-0.2, 0) is 22.4 Å². The molecule has 3 aliphatic rings. The Labute approximate surface area is 201 Å². The lowest BCUT2D eigenvalue weighted by Gasteiger charge is -2.46. The Kier molecular flexibility index (Phi) is 7.01. The highest BCUT2D eigenvalue weighted by Gasteiger charge is 2.54. The van der Waals surface area contributed by atoms with E-state index in [1.807, 2.05) is 29.2 Å². The van der Waals surface area contributed by atoms with Crippen molar-refractivity contribution in [1.82, 2.24) is 9.80 Å². The molecular weight excluding hydrogens is 445 g/mol. The summed E-state index contributed by atoms with van der Waals surface area (Å²) in [4.78, 5) is 20.3. The molecule has 32 heavy (non-hydrogen) atoms. The van der Waals surface area contributed by atoms with Gasteiger partial charge in [0.15, 0.2) is 0 Å². The van der Waals surface area contributed by atoms with Gasteiger partial charge < -0.3 is 9.64 Å². The zero-order valence-electron chi connectivity index (χ0n) is 18.5. The molecule has 1 aliphatic carbocycles. The number of aryl methyl sites for hydroxylation is 1. The van der Waals surface area contributed by atoms with Gasteiger partial charge in [-0.05, 0) is 61.4 Å². The molecule has 1 spiro atoms. The Balaban J connectivity index is 0.00000245. The van der Waals surface area contributed by atoms with Crippen molar-refractivity contribution >= 4 is 35.6 Å². The van der Waals surface area contributed by atoms with E-state index < -0.39 is 5.54 Å². The van der Waals surface area contributed by atoms with Crippen LogP contribution in [0.1, 0.15) is 30.4 Å². The zero-order chi connectivity index (χ0) is 21.4. The first-order chi connectivity index (χ1) is 15.1. The molecule has 0 bridgehead atoms. The number of carbonyl (C=O) groups excluding carboxylic acids is 1. The van der Waals surface area contributed by atoms with Crippen molar-refractivity contribution in [2.45, 2.75) is 43.7 Å². The van der Waals surface area contributed by atoms with Gasteiger partial charge in [-0.15, -0.1) is 12.4 Å². The number of carbonyl (C=O) groups is 1. The molecule has 0 saturated carbocycles. The number of para-hydroxylation sites is 1. The van der Waals surface area contributed by atoms with E-state index in [0.717, 1.165) is 55.9 Å². The minimum absolute atomic E-state index is 0. The van der Waals surface area contributed by atoms with Crippen LogP contribution >= 0.6 is 24.0 Å². The van der Waals surface area contributed by atoms with Gasteiger partial charge in [0.2, 0.25) is 0 Å². The van der Waals surface area contributed by atoms with Gasteiger partial charge in [-0.25, -0.2) is 0 Å². The molecule has 0 N–H and O–H groups in total. The summed E-state index contributed by atoms with van der Waals surface area (Å²) in [5.41, 5.74) is 3.35. The number of hydrogen-bond donors (Lipinski definition) is 0. The smallest absolute Gasteiger partial charge is 0.251 e. The van der Waals surface area contributed by atoms with Crippen molar-refractivity contribution in [3.8, 4) is 0 Å². The van der Waals surface area contributed by atoms with Crippen LogP contribution in [0.4, 0.5) is 5.69 Å². The molecule has 5 nitrogen and oxygen atoms in total. The number of hydrogen-bond acceptors (Lipinski definition) is 4. The number of benzene rings is 2. The third kappa shape index (κ3) is 4.01. The van der Waals surface area contributed by atoms with Crippen LogP contribution in [-0.4, -0.2) is 60.9 Å². The SMILES string of the molecule is COCN1CN(c2ccccc2)C2(CCN(C3CCc4cccc(Cl)c4C3)CC2)C1=O.Cl. The van der Waals surface area contributed by atoms with E-state index in [1.54, 1.807) is 7.11 Å². The Bertz CT molecular complexity index is 947. The second kappa shape index (κ2) is 9.60. The number of likely N-dealkylation sites (tertiary alicyclic amines) is 1. The number of piperidine rings is 1. The van der Waals surface area contributed by atoms with Gasteiger partial charge in [0.1, 0.15) is 12.3 Å². The monoisotopic (exact) mass is 475 g/mol. The molecule has 2 saturated heterocycles. The number of methoxy groups -OCH3 is 1. The molecule has 1 atom stereocenters. The molecule has 1 amide bonds. The highest BCUT2D eigenvalue weighted by Crippen LogP contribution is 2.41. The Morgan fingerprint density at radius 3 is 2.56 bits per heavy atom. The average molecular weight is 476 g/mol. The standard InChI is InChI=1S/C25H30ClN3O2.ClH/c1-31-18-28-17-29(20-7-3-2-4-8-20)25(24(28)30)12-14-27(15-13-25)21-11-10-19-6-5-9-23(26)22(19)16-21;/h2-9,21H,10-18H2,1H3;1H. The van der Waals surface area contributed by atoms with E-state index in [9.17, 15) is 4.79 Å². The molecule has 2 heterocycles. The third-order valence-corrected chi connectivity index (χ3v) is 7.77. The Hall–Kier alpha value is -1.79.